The maximum atomic E-state index is 9.29. The van der Waals surface area contributed by atoms with E-state index in [4.69, 9.17) is 0 Å². The summed E-state index contributed by atoms with van der Waals surface area (Å²) in [6, 6.07) is 0. The molecule has 0 aliphatic heterocycles. The van der Waals surface area contributed by atoms with Crippen LogP contribution in [0, 0.1) is 0 Å². The molecule has 0 amide bonds. The van der Waals surface area contributed by atoms with Crippen molar-refractivity contribution in [3.05, 3.63) is 0 Å². The normalized spacial score (nSPS) is 10.3. The molecule has 0 aromatic heterocycles. The molecule has 0 unspecified atom stereocenters. The molecule has 0 spiro atoms. The molecule has 6 heteroatoms. The van der Waals surface area contributed by atoms with Crippen molar-refractivity contribution >= 4 is 27.9 Å². The third-order valence-corrected chi connectivity index (χ3v) is 4.65. The van der Waals surface area contributed by atoms with Gasteiger partial charge in [-0.3, -0.25) is 0 Å². The van der Waals surface area contributed by atoms with Crippen LogP contribution < -0.4 is 0 Å². The Bertz CT molecular complexity index is 124. The SMILES string of the molecule is O=[SeH](=O)[TeH](=O)=O. The van der Waals surface area contributed by atoms with Crippen LogP contribution in [0.5, 0.6) is 0 Å². The van der Waals surface area contributed by atoms with Gasteiger partial charge in [0.1, 0.15) is 0 Å². The quantitative estimate of drug-likeness (QED) is 0.530. The van der Waals surface area contributed by atoms with Crippen LogP contribution >= 0.6 is 0 Å². The van der Waals surface area contributed by atoms with Crippen molar-refractivity contribution in [1.82, 2.24) is 0 Å². The topological polar surface area (TPSA) is 68.3 Å². The number of hydrogen-bond donors (Lipinski definition) is 0. The predicted octanol–water partition coefficient (Wildman–Crippen LogP) is -1.77. The van der Waals surface area contributed by atoms with Gasteiger partial charge in [-0.25, -0.2) is 0 Å². The molecule has 0 saturated heterocycles. The standard InChI is InChI=1S/H2O4SeTe/c1-5(2)6(3)4/h5-6H. The maximum absolute atomic E-state index is 9.29. The monoisotopic (exact) mass is 276 g/mol. The first-order valence-corrected chi connectivity index (χ1v) is 11.3. The summed E-state index contributed by atoms with van der Waals surface area (Å²) in [7, 11) is -3.73. The van der Waals surface area contributed by atoms with Crippen molar-refractivity contribution < 1.29 is 13.9 Å². The molecule has 0 N–H and O–H groups in total. The van der Waals surface area contributed by atoms with E-state index in [9.17, 15) is 13.9 Å². The summed E-state index contributed by atoms with van der Waals surface area (Å²) in [6.07, 6.45) is 0. The summed E-state index contributed by atoms with van der Waals surface area (Å²) in [5, 5.41) is 0. The van der Waals surface area contributed by atoms with Crippen molar-refractivity contribution in [1.29, 1.82) is 0 Å². The molecule has 0 fully saturated rings. The molecule has 38 valence electrons. The summed E-state index contributed by atoms with van der Waals surface area (Å²) in [4.78, 5) is 0. The molecule has 4 nitrogen and oxygen atoms in total. The van der Waals surface area contributed by atoms with Gasteiger partial charge in [0.15, 0.2) is 0 Å². The van der Waals surface area contributed by atoms with Crippen LogP contribution in [0.3, 0.4) is 0 Å². The van der Waals surface area contributed by atoms with Gasteiger partial charge in [-0.2, -0.15) is 0 Å². The second kappa shape index (κ2) is 2.64. The van der Waals surface area contributed by atoms with E-state index < -0.39 is 27.9 Å². The number of hydrogen-bond acceptors (Lipinski definition) is 4. The van der Waals surface area contributed by atoms with Gasteiger partial charge in [0.05, 0.1) is 0 Å². The minimum absolute atomic E-state index is 3.73. The Labute approximate surface area is 41.8 Å². The molecular formula is H2O4SeTe. The predicted molar refractivity (Wildman–Crippen MR) is 17.0 cm³/mol. The van der Waals surface area contributed by atoms with Gasteiger partial charge in [-0.1, -0.05) is 0 Å². The Kier molecular flexibility index (Phi) is 2.87. The van der Waals surface area contributed by atoms with Gasteiger partial charge in [-0.15, -0.1) is 0 Å². The fourth-order valence-electron chi connectivity index (χ4n) is 0. The average molecular weight is 273 g/mol. The van der Waals surface area contributed by atoms with Crippen molar-refractivity contribution in [3.63, 3.8) is 0 Å². The zero-order valence-corrected chi connectivity index (χ0v) is 6.96. The molecule has 6 heavy (non-hydrogen) atoms. The summed E-state index contributed by atoms with van der Waals surface area (Å²) in [5.74, 6) is 0. The van der Waals surface area contributed by atoms with Gasteiger partial charge in [0.25, 0.3) is 0 Å². The Morgan fingerprint density at radius 2 is 1.33 bits per heavy atom. The summed E-state index contributed by atoms with van der Waals surface area (Å²) in [5.41, 5.74) is 0. The van der Waals surface area contributed by atoms with Crippen molar-refractivity contribution in [2.45, 2.75) is 0 Å². The molecule has 0 atom stereocenters. The average Bonchev–Trinajstić information content (AvgIpc) is 1.36. The fourth-order valence-corrected chi connectivity index (χ4v) is 0. The van der Waals surface area contributed by atoms with E-state index in [1.54, 1.807) is 0 Å². The Hall–Kier alpha value is 0.509. The first-order valence-electron chi connectivity index (χ1n) is 0.930. The Balaban J connectivity index is 4.38. The van der Waals surface area contributed by atoms with Crippen LogP contribution in [-0.4, -0.2) is 27.9 Å². The first kappa shape index (κ1) is 6.51. The van der Waals surface area contributed by atoms with E-state index in [1.807, 2.05) is 0 Å². The van der Waals surface area contributed by atoms with Crippen LogP contribution in [0.1, 0.15) is 0 Å². The third kappa shape index (κ3) is 2.73. The van der Waals surface area contributed by atoms with Crippen LogP contribution in [0.4, 0.5) is 0 Å². The van der Waals surface area contributed by atoms with E-state index >= 15 is 0 Å². The minimum atomic E-state index is -4.06. The van der Waals surface area contributed by atoms with Crippen LogP contribution in [0.25, 0.3) is 0 Å². The molecule has 0 heterocycles. The third-order valence-electron chi connectivity index (χ3n) is 0.133. The zero-order chi connectivity index (χ0) is 5.15. The zero-order valence-electron chi connectivity index (χ0n) is 2.53. The van der Waals surface area contributed by atoms with Crippen LogP contribution in [-0.2, 0) is 13.9 Å². The second-order valence-corrected chi connectivity index (χ2v) is 12.3. The van der Waals surface area contributed by atoms with Gasteiger partial charge >= 0.3 is 41.8 Å². The van der Waals surface area contributed by atoms with Crippen LogP contribution in [0.15, 0.2) is 0 Å². The molecule has 0 aliphatic carbocycles. The number of rotatable bonds is 1. The van der Waals surface area contributed by atoms with Crippen molar-refractivity contribution in [2.75, 3.05) is 0 Å². The molecule has 0 bridgehead atoms. The van der Waals surface area contributed by atoms with E-state index in [-0.39, 0.29) is 0 Å². The molecule has 0 aromatic rings. The molecule has 0 radical (unpaired) electrons. The fraction of sp³-hybridized carbons (Fsp3) is 0. The van der Waals surface area contributed by atoms with Crippen molar-refractivity contribution in [3.8, 4) is 0 Å². The summed E-state index contributed by atoms with van der Waals surface area (Å²) < 4.78 is 37.1. The molecule has 0 rings (SSSR count). The second-order valence-electron chi connectivity index (χ2n) is 0.476. The molecular weight excluding hydrogens is 271 g/mol. The summed E-state index contributed by atoms with van der Waals surface area (Å²) >= 11 is -4.06. The van der Waals surface area contributed by atoms with E-state index in [2.05, 4.69) is 0 Å². The van der Waals surface area contributed by atoms with Crippen molar-refractivity contribution in [2.24, 2.45) is 0 Å². The van der Waals surface area contributed by atoms with Gasteiger partial charge in [0, 0.05) is 0 Å². The molecule has 0 aromatic carbocycles. The van der Waals surface area contributed by atoms with Gasteiger partial charge in [0.2, 0.25) is 0 Å². The van der Waals surface area contributed by atoms with Gasteiger partial charge in [-0.05, 0) is 0 Å². The van der Waals surface area contributed by atoms with E-state index in [0.717, 1.165) is 0 Å². The Morgan fingerprint density at radius 3 is 1.33 bits per heavy atom. The molecule has 0 saturated carbocycles. The Morgan fingerprint density at radius 1 is 1.17 bits per heavy atom. The van der Waals surface area contributed by atoms with E-state index in [0.29, 0.717) is 0 Å². The summed E-state index contributed by atoms with van der Waals surface area (Å²) in [6.45, 7) is 0. The van der Waals surface area contributed by atoms with Crippen LogP contribution in [0.2, 0.25) is 0 Å². The van der Waals surface area contributed by atoms with Gasteiger partial charge < -0.3 is 0 Å². The molecule has 0 aliphatic rings. The van der Waals surface area contributed by atoms with E-state index in [1.165, 1.54) is 0 Å². The first-order chi connectivity index (χ1) is 2.64.